The van der Waals surface area contributed by atoms with Crippen LogP contribution < -0.4 is 5.32 Å². The number of methoxy groups -OCH3 is 1. The van der Waals surface area contributed by atoms with Gasteiger partial charge in [0.25, 0.3) is 0 Å². The van der Waals surface area contributed by atoms with E-state index in [4.69, 9.17) is 0 Å². The number of likely N-dealkylation sites (tertiary alicyclic amines) is 1. The van der Waals surface area contributed by atoms with Gasteiger partial charge in [-0.1, -0.05) is 6.42 Å². The Morgan fingerprint density at radius 2 is 2.25 bits per heavy atom. The zero-order valence-corrected chi connectivity index (χ0v) is 13.0. The van der Waals surface area contributed by atoms with Gasteiger partial charge in [0.2, 0.25) is 0 Å². The standard InChI is InChI=1S/C14H23N3O2S/c1-11(9-17-6-4-3-5-7-17)15-14-16-12(10-20-14)8-13(18)19-2/h10-11H,3-9H2,1-2H3,(H,15,16). The molecule has 1 aromatic heterocycles. The fourth-order valence-corrected chi connectivity index (χ4v) is 3.28. The number of carbonyl (C=O) groups excluding carboxylic acids is 1. The molecule has 2 rings (SSSR count). The van der Waals surface area contributed by atoms with Crippen LogP contribution >= 0.6 is 11.3 Å². The molecular formula is C14H23N3O2S. The summed E-state index contributed by atoms with van der Waals surface area (Å²) in [6.07, 6.45) is 4.23. The van der Waals surface area contributed by atoms with Gasteiger partial charge in [0, 0.05) is 18.0 Å². The molecule has 0 aliphatic carbocycles. The van der Waals surface area contributed by atoms with E-state index in [0.717, 1.165) is 17.4 Å². The van der Waals surface area contributed by atoms with Crippen molar-refractivity contribution in [1.82, 2.24) is 9.88 Å². The second-order valence-corrected chi connectivity index (χ2v) is 6.16. The Bertz CT molecular complexity index is 430. The summed E-state index contributed by atoms with van der Waals surface area (Å²) in [6.45, 7) is 5.64. The normalized spacial score (nSPS) is 17.7. The van der Waals surface area contributed by atoms with Crippen LogP contribution in [0.5, 0.6) is 0 Å². The summed E-state index contributed by atoms with van der Waals surface area (Å²) < 4.78 is 4.64. The molecule has 0 radical (unpaired) electrons. The van der Waals surface area contributed by atoms with Crippen molar-refractivity contribution in [2.24, 2.45) is 0 Å². The maximum atomic E-state index is 11.2. The summed E-state index contributed by atoms with van der Waals surface area (Å²) in [7, 11) is 1.40. The molecule has 112 valence electrons. The molecule has 0 bridgehead atoms. The smallest absolute Gasteiger partial charge is 0.311 e. The molecule has 0 aromatic carbocycles. The Hall–Kier alpha value is -1.14. The van der Waals surface area contributed by atoms with Gasteiger partial charge in [-0.05, 0) is 32.9 Å². The molecule has 1 saturated heterocycles. The fourth-order valence-electron chi connectivity index (χ4n) is 2.46. The van der Waals surface area contributed by atoms with Gasteiger partial charge in [0.15, 0.2) is 5.13 Å². The molecule has 6 heteroatoms. The molecular weight excluding hydrogens is 274 g/mol. The summed E-state index contributed by atoms with van der Waals surface area (Å²) in [5, 5.41) is 6.21. The summed E-state index contributed by atoms with van der Waals surface area (Å²) in [5.41, 5.74) is 0.773. The minimum absolute atomic E-state index is 0.245. The largest absolute Gasteiger partial charge is 0.469 e. The van der Waals surface area contributed by atoms with Crippen LogP contribution in [0.15, 0.2) is 5.38 Å². The lowest BCUT2D eigenvalue weighted by Crippen LogP contribution is -2.38. The van der Waals surface area contributed by atoms with Crippen molar-refractivity contribution >= 4 is 22.4 Å². The predicted octanol–water partition coefficient (Wildman–Crippen LogP) is 2.14. The van der Waals surface area contributed by atoms with Crippen molar-refractivity contribution in [2.75, 3.05) is 32.1 Å². The van der Waals surface area contributed by atoms with E-state index in [1.54, 1.807) is 11.3 Å². The number of nitrogens with zero attached hydrogens (tertiary/aromatic N) is 2. The Morgan fingerprint density at radius 3 is 2.95 bits per heavy atom. The van der Waals surface area contributed by atoms with Crippen molar-refractivity contribution < 1.29 is 9.53 Å². The summed E-state index contributed by atoms with van der Waals surface area (Å²) >= 11 is 1.54. The molecule has 2 heterocycles. The Kier molecular flexibility index (Phi) is 5.79. The average molecular weight is 297 g/mol. The van der Waals surface area contributed by atoms with Gasteiger partial charge in [-0.15, -0.1) is 11.3 Å². The molecule has 1 aliphatic rings. The predicted molar refractivity (Wildman–Crippen MR) is 81.2 cm³/mol. The Morgan fingerprint density at radius 1 is 1.50 bits per heavy atom. The lowest BCUT2D eigenvalue weighted by Gasteiger charge is -2.29. The number of hydrogen-bond donors (Lipinski definition) is 1. The highest BCUT2D eigenvalue weighted by atomic mass is 32.1. The molecule has 20 heavy (non-hydrogen) atoms. The number of ether oxygens (including phenoxy) is 1. The lowest BCUT2D eigenvalue weighted by atomic mass is 10.1. The third-order valence-electron chi connectivity index (χ3n) is 3.46. The highest BCUT2D eigenvalue weighted by Gasteiger charge is 2.14. The van der Waals surface area contributed by atoms with Crippen molar-refractivity contribution in [3.8, 4) is 0 Å². The van der Waals surface area contributed by atoms with Gasteiger partial charge < -0.3 is 15.0 Å². The molecule has 0 amide bonds. The van der Waals surface area contributed by atoms with E-state index in [2.05, 4.69) is 26.9 Å². The number of hydrogen-bond acceptors (Lipinski definition) is 6. The van der Waals surface area contributed by atoms with E-state index < -0.39 is 0 Å². The van der Waals surface area contributed by atoms with Crippen LogP contribution in [0, 0.1) is 0 Å². The SMILES string of the molecule is COC(=O)Cc1csc(NC(C)CN2CCCCC2)n1. The van der Waals surface area contributed by atoms with E-state index in [9.17, 15) is 4.79 Å². The zero-order chi connectivity index (χ0) is 14.4. The molecule has 5 nitrogen and oxygen atoms in total. The van der Waals surface area contributed by atoms with E-state index >= 15 is 0 Å². The first-order valence-electron chi connectivity index (χ1n) is 7.17. The van der Waals surface area contributed by atoms with Gasteiger partial charge in [0.05, 0.1) is 19.2 Å². The zero-order valence-electron chi connectivity index (χ0n) is 12.2. The average Bonchev–Trinajstić information content (AvgIpc) is 2.86. The summed E-state index contributed by atoms with van der Waals surface area (Å²) in [6, 6.07) is 0.366. The number of aromatic nitrogens is 1. The maximum absolute atomic E-state index is 11.2. The number of thiazole rings is 1. The summed E-state index contributed by atoms with van der Waals surface area (Å²) in [5.74, 6) is -0.247. The van der Waals surface area contributed by atoms with E-state index in [1.807, 2.05) is 5.38 Å². The molecule has 1 aromatic rings. The molecule has 0 saturated carbocycles. The quantitative estimate of drug-likeness (QED) is 0.815. The summed E-state index contributed by atoms with van der Waals surface area (Å²) in [4.78, 5) is 18.1. The Labute approximate surface area is 124 Å². The van der Waals surface area contributed by atoms with Gasteiger partial charge in [-0.3, -0.25) is 4.79 Å². The third kappa shape index (κ3) is 4.76. The van der Waals surface area contributed by atoms with Gasteiger partial charge in [-0.25, -0.2) is 4.98 Å². The van der Waals surface area contributed by atoms with Crippen molar-refractivity contribution in [3.63, 3.8) is 0 Å². The van der Waals surface area contributed by atoms with E-state index in [0.29, 0.717) is 6.04 Å². The monoisotopic (exact) mass is 297 g/mol. The second kappa shape index (κ2) is 7.59. The van der Waals surface area contributed by atoms with Crippen LogP contribution in [-0.2, 0) is 16.0 Å². The first kappa shape index (κ1) is 15.3. The topological polar surface area (TPSA) is 54.5 Å². The highest BCUT2D eigenvalue weighted by molar-refractivity contribution is 7.13. The Balaban J connectivity index is 1.78. The van der Waals surface area contributed by atoms with Crippen LogP contribution in [0.2, 0.25) is 0 Å². The molecule has 1 atom stereocenters. The molecule has 1 aliphatic heterocycles. The van der Waals surface area contributed by atoms with Crippen molar-refractivity contribution in [1.29, 1.82) is 0 Å². The number of anilines is 1. The minimum Gasteiger partial charge on any atom is -0.469 e. The minimum atomic E-state index is -0.247. The maximum Gasteiger partial charge on any atom is 0.311 e. The molecule has 1 unspecified atom stereocenters. The van der Waals surface area contributed by atoms with Crippen molar-refractivity contribution in [3.05, 3.63) is 11.1 Å². The van der Waals surface area contributed by atoms with Crippen LogP contribution in [0.1, 0.15) is 31.9 Å². The van der Waals surface area contributed by atoms with Crippen LogP contribution in [0.25, 0.3) is 0 Å². The number of rotatable bonds is 6. The number of esters is 1. The fraction of sp³-hybridized carbons (Fsp3) is 0.714. The molecule has 1 fully saturated rings. The van der Waals surface area contributed by atoms with E-state index in [1.165, 1.54) is 39.5 Å². The highest BCUT2D eigenvalue weighted by Crippen LogP contribution is 2.18. The van der Waals surface area contributed by atoms with Gasteiger partial charge >= 0.3 is 5.97 Å². The van der Waals surface area contributed by atoms with Gasteiger partial charge in [-0.2, -0.15) is 0 Å². The number of piperidine rings is 1. The van der Waals surface area contributed by atoms with Crippen LogP contribution in [0.3, 0.4) is 0 Å². The lowest BCUT2D eigenvalue weighted by molar-refractivity contribution is -0.139. The third-order valence-corrected chi connectivity index (χ3v) is 4.28. The van der Waals surface area contributed by atoms with Gasteiger partial charge in [0.1, 0.15) is 0 Å². The van der Waals surface area contributed by atoms with E-state index in [-0.39, 0.29) is 12.4 Å². The van der Waals surface area contributed by atoms with Crippen LogP contribution in [-0.4, -0.2) is 48.6 Å². The molecule has 0 spiro atoms. The number of carbonyl (C=O) groups is 1. The second-order valence-electron chi connectivity index (χ2n) is 5.30. The van der Waals surface area contributed by atoms with Crippen LogP contribution in [0.4, 0.5) is 5.13 Å². The number of nitrogens with one attached hydrogen (secondary N) is 1. The first-order valence-corrected chi connectivity index (χ1v) is 8.05. The van der Waals surface area contributed by atoms with Crippen molar-refractivity contribution in [2.45, 2.75) is 38.6 Å². The molecule has 1 N–H and O–H groups in total. The first-order chi connectivity index (χ1) is 9.67.